The Morgan fingerprint density at radius 2 is 2.39 bits per heavy atom. The maximum atomic E-state index is 13.4. The summed E-state index contributed by atoms with van der Waals surface area (Å²) in [7, 11) is 0. The number of anilines is 1. The molecule has 1 aromatic carbocycles. The molecule has 1 unspecified atom stereocenters. The summed E-state index contributed by atoms with van der Waals surface area (Å²) in [5.41, 5.74) is -0.00831. The molecule has 0 aliphatic carbocycles. The predicted molar refractivity (Wildman–Crippen MR) is 73.0 cm³/mol. The Morgan fingerprint density at radius 1 is 1.61 bits per heavy atom. The highest BCUT2D eigenvalue weighted by Crippen LogP contribution is 2.26. The van der Waals surface area contributed by atoms with Crippen molar-refractivity contribution in [3.05, 3.63) is 28.5 Å². The molecule has 0 saturated carbocycles. The van der Waals surface area contributed by atoms with Crippen LogP contribution >= 0.6 is 15.9 Å². The maximum absolute atomic E-state index is 13.4. The first-order valence-corrected chi connectivity index (χ1v) is 6.88. The van der Waals surface area contributed by atoms with E-state index in [4.69, 9.17) is 0 Å². The third-order valence-corrected chi connectivity index (χ3v) is 4.10. The van der Waals surface area contributed by atoms with Gasteiger partial charge in [-0.05, 0) is 59.9 Å². The highest BCUT2D eigenvalue weighted by atomic mass is 79.9. The van der Waals surface area contributed by atoms with Gasteiger partial charge in [-0.1, -0.05) is 6.92 Å². The van der Waals surface area contributed by atoms with Gasteiger partial charge in [0.25, 0.3) is 0 Å². The van der Waals surface area contributed by atoms with Crippen LogP contribution in [0.4, 0.5) is 10.1 Å². The summed E-state index contributed by atoms with van der Waals surface area (Å²) >= 11 is 3.09. The lowest BCUT2D eigenvalue weighted by molar-refractivity contribution is -0.122. The molecule has 18 heavy (non-hydrogen) atoms. The average molecular weight is 315 g/mol. The maximum Gasteiger partial charge on any atom is 0.244 e. The van der Waals surface area contributed by atoms with E-state index in [1.165, 1.54) is 6.07 Å². The molecule has 0 bridgehead atoms. The van der Waals surface area contributed by atoms with Crippen LogP contribution in [0, 0.1) is 5.82 Å². The number of hydrogen-bond donors (Lipinski definition) is 2. The predicted octanol–water partition coefficient (Wildman–Crippen LogP) is 3.06. The zero-order valence-corrected chi connectivity index (χ0v) is 11.8. The van der Waals surface area contributed by atoms with Gasteiger partial charge in [0.1, 0.15) is 5.82 Å². The first kappa shape index (κ1) is 13.5. The van der Waals surface area contributed by atoms with Gasteiger partial charge in [0, 0.05) is 5.69 Å². The Bertz CT molecular complexity index is 458. The molecule has 2 N–H and O–H groups in total. The summed E-state index contributed by atoms with van der Waals surface area (Å²) in [6.07, 6.45) is 2.56. The van der Waals surface area contributed by atoms with Crippen molar-refractivity contribution in [3.63, 3.8) is 0 Å². The Labute approximate surface area is 114 Å². The standard InChI is InChI=1S/C13H16BrFN2O/c1-2-13(6-3-7-16-13)12(18)17-9-4-5-10(14)11(15)8-9/h4-5,8,16H,2-3,6-7H2,1H3,(H,17,18). The van der Waals surface area contributed by atoms with Crippen LogP contribution in [0.1, 0.15) is 26.2 Å². The molecule has 1 fully saturated rings. The van der Waals surface area contributed by atoms with Gasteiger partial charge in [0.15, 0.2) is 0 Å². The van der Waals surface area contributed by atoms with Gasteiger partial charge in [0.2, 0.25) is 5.91 Å². The van der Waals surface area contributed by atoms with E-state index in [1.54, 1.807) is 12.1 Å². The molecule has 0 radical (unpaired) electrons. The lowest BCUT2D eigenvalue weighted by Gasteiger charge is -2.26. The number of hydrogen-bond acceptors (Lipinski definition) is 2. The van der Waals surface area contributed by atoms with Crippen molar-refractivity contribution in [3.8, 4) is 0 Å². The molecule has 0 spiro atoms. The summed E-state index contributed by atoms with van der Waals surface area (Å²) in [5, 5.41) is 6.03. The summed E-state index contributed by atoms with van der Waals surface area (Å²) in [6.45, 7) is 2.84. The van der Waals surface area contributed by atoms with Gasteiger partial charge in [-0.15, -0.1) is 0 Å². The van der Waals surface area contributed by atoms with Crippen LogP contribution in [-0.2, 0) is 4.79 Å². The minimum atomic E-state index is -0.496. The Morgan fingerprint density at radius 3 is 2.94 bits per heavy atom. The van der Waals surface area contributed by atoms with E-state index in [0.717, 1.165) is 25.8 Å². The van der Waals surface area contributed by atoms with Crippen LogP contribution in [0.5, 0.6) is 0 Å². The van der Waals surface area contributed by atoms with Crippen LogP contribution < -0.4 is 10.6 Å². The molecular formula is C13H16BrFN2O. The first-order valence-electron chi connectivity index (χ1n) is 6.09. The monoisotopic (exact) mass is 314 g/mol. The van der Waals surface area contributed by atoms with E-state index < -0.39 is 5.54 Å². The normalized spacial score (nSPS) is 23.1. The van der Waals surface area contributed by atoms with Gasteiger partial charge in [-0.2, -0.15) is 0 Å². The van der Waals surface area contributed by atoms with E-state index in [2.05, 4.69) is 26.6 Å². The van der Waals surface area contributed by atoms with Crippen molar-refractivity contribution in [1.82, 2.24) is 5.32 Å². The molecule has 98 valence electrons. The van der Waals surface area contributed by atoms with Crippen molar-refractivity contribution in [1.29, 1.82) is 0 Å². The number of carbonyl (C=O) groups excluding carboxylic acids is 1. The fourth-order valence-corrected chi connectivity index (χ4v) is 2.53. The highest BCUT2D eigenvalue weighted by Gasteiger charge is 2.39. The molecule has 1 atom stereocenters. The number of rotatable bonds is 3. The van der Waals surface area contributed by atoms with E-state index in [1.807, 2.05) is 6.92 Å². The molecule has 0 aromatic heterocycles. The number of carbonyl (C=O) groups is 1. The lowest BCUT2D eigenvalue weighted by Crippen LogP contribution is -2.50. The van der Waals surface area contributed by atoms with Crippen LogP contribution in [0.15, 0.2) is 22.7 Å². The lowest BCUT2D eigenvalue weighted by atomic mass is 9.93. The van der Waals surface area contributed by atoms with Crippen LogP contribution in [0.25, 0.3) is 0 Å². The SMILES string of the molecule is CCC1(C(=O)Nc2ccc(Br)c(F)c2)CCCN1. The Balaban J connectivity index is 2.13. The van der Waals surface area contributed by atoms with E-state index in [9.17, 15) is 9.18 Å². The molecule has 1 aliphatic rings. The second kappa shape index (κ2) is 5.36. The van der Waals surface area contributed by atoms with Gasteiger partial charge < -0.3 is 10.6 Å². The summed E-state index contributed by atoms with van der Waals surface area (Å²) < 4.78 is 13.8. The second-order valence-electron chi connectivity index (χ2n) is 4.55. The third kappa shape index (κ3) is 2.57. The Hall–Kier alpha value is -0.940. The molecule has 1 heterocycles. The second-order valence-corrected chi connectivity index (χ2v) is 5.40. The van der Waals surface area contributed by atoms with E-state index in [-0.39, 0.29) is 11.7 Å². The smallest absolute Gasteiger partial charge is 0.244 e. The van der Waals surface area contributed by atoms with Gasteiger partial charge in [-0.25, -0.2) is 4.39 Å². The number of amides is 1. The summed E-state index contributed by atoms with van der Waals surface area (Å²) in [6, 6.07) is 4.59. The van der Waals surface area contributed by atoms with Crippen molar-refractivity contribution >= 4 is 27.5 Å². The molecule has 3 nitrogen and oxygen atoms in total. The molecular weight excluding hydrogens is 299 g/mol. The third-order valence-electron chi connectivity index (χ3n) is 3.46. The first-order chi connectivity index (χ1) is 8.57. The molecule has 1 amide bonds. The van der Waals surface area contributed by atoms with Gasteiger partial charge >= 0.3 is 0 Å². The molecule has 5 heteroatoms. The molecule has 1 saturated heterocycles. The van der Waals surface area contributed by atoms with Crippen LogP contribution in [-0.4, -0.2) is 18.0 Å². The van der Waals surface area contributed by atoms with Crippen molar-refractivity contribution in [2.24, 2.45) is 0 Å². The molecule has 1 aliphatic heterocycles. The average Bonchev–Trinajstić information content (AvgIpc) is 2.84. The summed E-state index contributed by atoms with van der Waals surface area (Å²) in [4.78, 5) is 12.3. The number of benzene rings is 1. The fourth-order valence-electron chi connectivity index (χ4n) is 2.29. The van der Waals surface area contributed by atoms with Crippen molar-refractivity contribution in [2.75, 3.05) is 11.9 Å². The van der Waals surface area contributed by atoms with Crippen LogP contribution in [0.2, 0.25) is 0 Å². The van der Waals surface area contributed by atoms with Gasteiger partial charge in [-0.3, -0.25) is 4.79 Å². The zero-order chi connectivity index (χ0) is 13.2. The van der Waals surface area contributed by atoms with Crippen molar-refractivity contribution in [2.45, 2.75) is 31.7 Å². The van der Waals surface area contributed by atoms with Crippen molar-refractivity contribution < 1.29 is 9.18 Å². The number of nitrogens with one attached hydrogen (secondary N) is 2. The molecule has 2 rings (SSSR count). The minimum absolute atomic E-state index is 0.0794. The Kier molecular flexibility index (Phi) is 4.02. The largest absolute Gasteiger partial charge is 0.324 e. The van der Waals surface area contributed by atoms with Crippen LogP contribution in [0.3, 0.4) is 0 Å². The van der Waals surface area contributed by atoms with E-state index >= 15 is 0 Å². The summed E-state index contributed by atoms with van der Waals surface area (Å²) in [5.74, 6) is -0.457. The van der Waals surface area contributed by atoms with Gasteiger partial charge in [0.05, 0.1) is 10.0 Å². The minimum Gasteiger partial charge on any atom is -0.324 e. The topological polar surface area (TPSA) is 41.1 Å². The quantitative estimate of drug-likeness (QED) is 0.900. The zero-order valence-electron chi connectivity index (χ0n) is 10.2. The highest BCUT2D eigenvalue weighted by molar-refractivity contribution is 9.10. The number of halogens is 2. The van der Waals surface area contributed by atoms with E-state index in [0.29, 0.717) is 10.2 Å². The fraction of sp³-hybridized carbons (Fsp3) is 0.462. The molecule has 1 aromatic rings.